The van der Waals surface area contributed by atoms with Crippen molar-refractivity contribution in [1.29, 1.82) is 0 Å². The number of benzene rings is 2. The second-order valence-corrected chi connectivity index (χ2v) is 5.28. The molecule has 1 aliphatic rings. The van der Waals surface area contributed by atoms with E-state index < -0.39 is 0 Å². The van der Waals surface area contributed by atoms with Gasteiger partial charge in [0.1, 0.15) is 0 Å². The standard InChI is InChI=1S/C18H20O4/c1-12-9-16-17(22-11-21-16)10-14(12)8-7-13-5-4-6-15(19-2)18(13)20-3/h4-6,9-10H,7-8,11H2,1-3H3. The summed E-state index contributed by atoms with van der Waals surface area (Å²) in [6.45, 7) is 2.40. The van der Waals surface area contributed by atoms with Crippen LogP contribution in [0.5, 0.6) is 23.0 Å². The van der Waals surface area contributed by atoms with Crippen LogP contribution in [0.3, 0.4) is 0 Å². The van der Waals surface area contributed by atoms with Crippen LogP contribution < -0.4 is 18.9 Å². The molecule has 0 bridgehead atoms. The van der Waals surface area contributed by atoms with E-state index in [1.807, 2.05) is 18.2 Å². The minimum atomic E-state index is 0.307. The van der Waals surface area contributed by atoms with Crippen LogP contribution >= 0.6 is 0 Å². The molecular formula is C18H20O4. The number of hydrogen-bond acceptors (Lipinski definition) is 4. The Morgan fingerprint density at radius 2 is 1.68 bits per heavy atom. The molecular weight excluding hydrogens is 280 g/mol. The third-order valence-corrected chi connectivity index (χ3v) is 3.98. The van der Waals surface area contributed by atoms with Crippen LogP contribution in [0, 0.1) is 6.92 Å². The normalized spacial score (nSPS) is 12.3. The topological polar surface area (TPSA) is 36.9 Å². The SMILES string of the molecule is COc1cccc(CCc2cc3c(cc2C)OCO3)c1OC. The van der Waals surface area contributed by atoms with Gasteiger partial charge >= 0.3 is 0 Å². The van der Waals surface area contributed by atoms with Crippen molar-refractivity contribution in [3.8, 4) is 23.0 Å². The van der Waals surface area contributed by atoms with Crippen LogP contribution in [0.2, 0.25) is 0 Å². The third-order valence-electron chi connectivity index (χ3n) is 3.98. The van der Waals surface area contributed by atoms with E-state index in [0.717, 1.165) is 41.4 Å². The lowest BCUT2D eigenvalue weighted by atomic mass is 9.99. The molecule has 0 atom stereocenters. The van der Waals surface area contributed by atoms with Crippen molar-refractivity contribution in [1.82, 2.24) is 0 Å². The molecule has 0 aromatic heterocycles. The fourth-order valence-corrected chi connectivity index (χ4v) is 2.77. The van der Waals surface area contributed by atoms with E-state index >= 15 is 0 Å². The lowest BCUT2D eigenvalue weighted by Gasteiger charge is -2.13. The van der Waals surface area contributed by atoms with Gasteiger partial charge in [0.05, 0.1) is 14.2 Å². The first kappa shape index (κ1) is 14.6. The Balaban J connectivity index is 1.81. The van der Waals surface area contributed by atoms with Crippen LogP contribution in [-0.2, 0) is 12.8 Å². The summed E-state index contributed by atoms with van der Waals surface area (Å²) in [7, 11) is 3.33. The zero-order valence-electron chi connectivity index (χ0n) is 13.1. The highest BCUT2D eigenvalue weighted by atomic mass is 16.7. The van der Waals surface area contributed by atoms with Gasteiger partial charge in [-0.25, -0.2) is 0 Å². The van der Waals surface area contributed by atoms with E-state index in [0.29, 0.717) is 6.79 Å². The number of fused-ring (bicyclic) bond motifs is 1. The molecule has 22 heavy (non-hydrogen) atoms. The van der Waals surface area contributed by atoms with Gasteiger partial charge in [-0.15, -0.1) is 0 Å². The zero-order chi connectivity index (χ0) is 15.5. The molecule has 1 aliphatic heterocycles. The lowest BCUT2D eigenvalue weighted by Crippen LogP contribution is -1.99. The van der Waals surface area contributed by atoms with E-state index in [9.17, 15) is 0 Å². The highest BCUT2D eigenvalue weighted by molar-refractivity contribution is 5.50. The van der Waals surface area contributed by atoms with Crippen LogP contribution in [0.4, 0.5) is 0 Å². The molecule has 2 aromatic rings. The van der Waals surface area contributed by atoms with Crippen molar-refractivity contribution >= 4 is 0 Å². The van der Waals surface area contributed by atoms with Crippen LogP contribution in [-0.4, -0.2) is 21.0 Å². The van der Waals surface area contributed by atoms with Crippen molar-refractivity contribution in [2.45, 2.75) is 19.8 Å². The molecule has 0 saturated carbocycles. The molecule has 4 heteroatoms. The molecule has 0 N–H and O–H groups in total. The van der Waals surface area contributed by atoms with Gasteiger partial charge < -0.3 is 18.9 Å². The summed E-state index contributed by atoms with van der Waals surface area (Å²) in [6, 6.07) is 10.1. The average molecular weight is 300 g/mol. The van der Waals surface area contributed by atoms with Gasteiger partial charge in [0.25, 0.3) is 0 Å². The molecule has 4 nitrogen and oxygen atoms in total. The van der Waals surface area contributed by atoms with Crippen molar-refractivity contribution < 1.29 is 18.9 Å². The Morgan fingerprint density at radius 1 is 0.955 bits per heavy atom. The average Bonchev–Trinajstić information content (AvgIpc) is 2.99. The first-order chi connectivity index (χ1) is 10.7. The summed E-state index contributed by atoms with van der Waals surface area (Å²) < 4.78 is 21.7. The number of methoxy groups -OCH3 is 2. The summed E-state index contributed by atoms with van der Waals surface area (Å²) in [5, 5.41) is 0. The van der Waals surface area contributed by atoms with Gasteiger partial charge in [0.15, 0.2) is 23.0 Å². The van der Waals surface area contributed by atoms with Crippen LogP contribution in [0.15, 0.2) is 30.3 Å². The second-order valence-electron chi connectivity index (χ2n) is 5.28. The molecule has 0 amide bonds. The predicted molar refractivity (Wildman–Crippen MR) is 84.3 cm³/mol. The number of hydrogen-bond donors (Lipinski definition) is 0. The molecule has 1 heterocycles. The van der Waals surface area contributed by atoms with E-state index in [1.54, 1.807) is 14.2 Å². The highest BCUT2D eigenvalue weighted by Gasteiger charge is 2.16. The summed E-state index contributed by atoms with van der Waals surface area (Å²) in [6.07, 6.45) is 1.78. The molecule has 3 rings (SSSR count). The summed E-state index contributed by atoms with van der Waals surface area (Å²) >= 11 is 0. The quantitative estimate of drug-likeness (QED) is 0.846. The van der Waals surface area contributed by atoms with Gasteiger partial charge in [-0.05, 0) is 54.7 Å². The van der Waals surface area contributed by atoms with Crippen molar-refractivity contribution in [3.63, 3.8) is 0 Å². The van der Waals surface area contributed by atoms with E-state index in [4.69, 9.17) is 18.9 Å². The minimum Gasteiger partial charge on any atom is -0.493 e. The molecule has 0 radical (unpaired) electrons. The Hall–Kier alpha value is -2.36. The Morgan fingerprint density at radius 3 is 2.41 bits per heavy atom. The summed E-state index contributed by atoms with van der Waals surface area (Å²) in [4.78, 5) is 0. The smallest absolute Gasteiger partial charge is 0.231 e. The number of rotatable bonds is 5. The predicted octanol–water partition coefficient (Wildman–Crippen LogP) is 3.53. The third kappa shape index (κ3) is 2.69. The van der Waals surface area contributed by atoms with E-state index in [-0.39, 0.29) is 0 Å². The van der Waals surface area contributed by atoms with Gasteiger partial charge in [-0.1, -0.05) is 12.1 Å². The van der Waals surface area contributed by atoms with Crippen LogP contribution in [0.25, 0.3) is 0 Å². The fourth-order valence-electron chi connectivity index (χ4n) is 2.77. The Kier molecular flexibility index (Phi) is 4.09. The van der Waals surface area contributed by atoms with Crippen molar-refractivity contribution in [2.24, 2.45) is 0 Å². The van der Waals surface area contributed by atoms with Crippen molar-refractivity contribution in [2.75, 3.05) is 21.0 Å². The molecule has 0 saturated heterocycles. The van der Waals surface area contributed by atoms with Crippen molar-refractivity contribution in [3.05, 3.63) is 47.0 Å². The first-order valence-corrected chi connectivity index (χ1v) is 7.32. The summed E-state index contributed by atoms with van der Waals surface area (Å²) in [5.41, 5.74) is 3.61. The molecule has 116 valence electrons. The Labute approximate surface area is 130 Å². The number of ether oxygens (including phenoxy) is 4. The largest absolute Gasteiger partial charge is 0.493 e. The van der Waals surface area contributed by atoms with E-state index in [2.05, 4.69) is 19.1 Å². The van der Waals surface area contributed by atoms with E-state index in [1.165, 1.54) is 11.1 Å². The van der Waals surface area contributed by atoms with Gasteiger partial charge in [0, 0.05) is 0 Å². The highest BCUT2D eigenvalue weighted by Crippen LogP contribution is 2.36. The molecule has 0 unspecified atom stereocenters. The second kappa shape index (κ2) is 6.18. The van der Waals surface area contributed by atoms with Crippen LogP contribution in [0.1, 0.15) is 16.7 Å². The lowest BCUT2D eigenvalue weighted by molar-refractivity contribution is 0.174. The molecule has 2 aromatic carbocycles. The molecule has 0 aliphatic carbocycles. The minimum absolute atomic E-state index is 0.307. The van der Waals surface area contributed by atoms with Gasteiger partial charge in [-0.3, -0.25) is 0 Å². The monoisotopic (exact) mass is 300 g/mol. The van der Waals surface area contributed by atoms with Gasteiger partial charge in [-0.2, -0.15) is 0 Å². The summed E-state index contributed by atoms with van der Waals surface area (Å²) in [5.74, 6) is 3.24. The maximum Gasteiger partial charge on any atom is 0.231 e. The zero-order valence-corrected chi connectivity index (χ0v) is 13.1. The fraction of sp³-hybridized carbons (Fsp3) is 0.333. The number of para-hydroxylation sites is 1. The van der Waals surface area contributed by atoms with Gasteiger partial charge in [0.2, 0.25) is 6.79 Å². The first-order valence-electron chi connectivity index (χ1n) is 7.32. The maximum absolute atomic E-state index is 5.49. The number of aryl methyl sites for hydroxylation is 3. The maximum atomic E-state index is 5.49. The molecule has 0 spiro atoms. The molecule has 0 fully saturated rings. The Bertz CT molecular complexity index is 679.